The van der Waals surface area contributed by atoms with E-state index in [1.54, 1.807) is 0 Å². The van der Waals surface area contributed by atoms with Crippen LogP contribution in [0.1, 0.15) is 59.1 Å². The van der Waals surface area contributed by atoms with Crippen molar-refractivity contribution in [3.05, 3.63) is 41.5 Å². The van der Waals surface area contributed by atoms with Gasteiger partial charge in [0.05, 0.1) is 0 Å². The summed E-state index contributed by atoms with van der Waals surface area (Å²) in [4.78, 5) is 0. The summed E-state index contributed by atoms with van der Waals surface area (Å²) in [6, 6.07) is 8.59. The van der Waals surface area contributed by atoms with Gasteiger partial charge in [-0.1, -0.05) is 65.0 Å². The van der Waals surface area contributed by atoms with Gasteiger partial charge in [0.1, 0.15) is 0 Å². The van der Waals surface area contributed by atoms with Crippen molar-refractivity contribution in [1.82, 2.24) is 0 Å². The van der Waals surface area contributed by atoms with Crippen molar-refractivity contribution in [2.24, 2.45) is 0 Å². The molecule has 0 heteroatoms. The standard InChI is InChI=1S/C13H18.C2H6.CH4/c1-4-8-12(5-2)13-10-7-6-9-11(13)3;1-2;/h5-7,9-10H,4,8H2,1-3H3;1-2H3;1H4/b12-5-;;. The number of allylic oxidation sites excluding steroid dienone is 2. The minimum Gasteiger partial charge on any atom is -0.0838 e. The number of hydrogen-bond donors (Lipinski definition) is 0. The monoisotopic (exact) mass is 220 g/mol. The summed E-state index contributed by atoms with van der Waals surface area (Å²) >= 11 is 0. The van der Waals surface area contributed by atoms with E-state index in [-0.39, 0.29) is 7.43 Å². The molecule has 1 rings (SSSR count). The molecule has 1 aromatic carbocycles. The van der Waals surface area contributed by atoms with Crippen LogP contribution in [0, 0.1) is 6.92 Å². The molecule has 0 fully saturated rings. The molecule has 0 spiro atoms. The van der Waals surface area contributed by atoms with Gasteiger partial charge in [0, 0.05) is 0 Å². The third-order valence-corrected chi connectivity index (χ3v) is 2.36. The molecule has 0 aliphatic heterocycles. The smallest absolute Gasteiger partial charge is 0.0199 e. The number of hydrogen-bond acceptors (Lipinski definition) is 0. The molecule has 0 aliphatic carbocycles. The van der Waals surface area contributed by atoms with Crippen LogP contribution in [0.3, 0.4) is 0 Å². The van der Waals surface area contributed by atoms with E-state index in [1.165, 1.54) is 29.5 Å². The first-order valence-corrected chi connectivity index (χ1v) is 6.00. The largest absolute Gasteiger partial charge is 0.0838 e. The Kier molecular flexibility index (Phi) is 11.4. The van der Waals surface area contributed by atoms with Crippen molar-refractivity contribution in [2.45, 2.75) is 54.9 Å². The van der Waals surface area contributed by atoms with E-state index in [1.807, 2.05) is 13.8 Å². The van der Waals surface area contributed by atoms with Gasteiger partial charge in [-0.3, -0.25) is 0 Å². The fourth-order valence-electron chi connectivity index (χ4n) is 1.64. The maximum atomic E-state index is 2.23. The first kappa shape index (κ1) is 17.4. The Morgan fingerprint density at radius 2 is 1.75 bits per heavy atom. The van der Waals surface area contributed by atoms with E-state index >= 15 is 0 Å². The second-order valence-corrected chi connectivity index (χ2v) is 3.38. The highest BCUT2D eigenvalue weighted by molar-refractivity contribution is 5.67. The maximum absolute atomic E-state index is 2.23. The molecule has 0 N–H and O–H groups in total. The normalized spacial score (nSPS) is 9.94. The van der Waals surface area contributed by atoms with E-state index < -0.39 is 0 Å². The van der Waals surface area contributed by atoms with E-state index in [4.69, 9.17) is 0 Å². The van der Waals surface area contributed by atoms with Crippen LogP contribution in [0.15, 0.2) is 30.3 Å². The summed E-state index contributed by atoms with van der Waals surface area (Å²) < 4.78 is 0. The van der Waals surface area contributed by atoms with Crippen molar-refractivity contribution in [1.29, 1.82) is 0 Å². The zero-order chi connectivity index (χ0) is 11.7. The average molecular weight is 220 g/mol. The number of rotatable bonds is 3. The van der Waals surface area contributed by atoms with Crippen LogP contribution in [-0.2, 0) is 0 Å². The van der Waals surface area contributed by atoms with Crippen LogP contribution < -0.4 is 0 Å². The van der Waals surface area contributed by atoms with Crippen LogP contribution in [0.2, 0.25) is 0 Å². The van der Waals surface area contributed by atoms with Gasteiger partial charge in [-0.15, -0.1) is 0 Å². The second kappa shape index (κ2) is 10.5. The van der Waals surface area contributed by atoms with Gasteiger partial charge in [-0.05, 0) is 37.0 Å². The van der Waals surface area contributed by atoms with Gasteiger partial charge < -0.3 is 0 Å². The summed E-state index contributed by atoms with van der Waals surface area (Å²) in [5, 5.41) is 0. The molecule has 1 aromatic rings. The number of aryl methyl sites for hydroxylation is 1. The quantitative estimate of drug-likeness (QED) is 0.598. The lowest BCUT2D eigenvalue weighted by Crippen LogP contribution is -1.87. The zero-order valence-corrected chi connectivity index (χ0v) is 10.8. The van der Waals surface area contributed by atoms with Crippen LogP contribution in [0.4, 0.5) is 0 Å². The van der Waals surface area contributed by atoms with Crippen molar-refractivity contribution < 1.29 is 0 Å². The van der Waals surface area contributed by atoms with Gasteiger partial charge in [-0.2, -0.15) is 0 Å². The molecule has 0 amide bonds. The lowest BCUT2D eigenvalue weighted by molar-refractivity contribution is 0.970. The van der Waals surface area contributed by atoms with E-state index in [0.717, 1.165) is 0 Å². The van der Waals surface area contributed by atoms with Gasteiger partial charge in [0.2, 0.25) is 0 Å². The van der Waals surface area contributed by atoms with Gasteiger partial charge in [0.25, 0.3) is 0 Å². The van der Waals surface area contributed by atoms with Crippen molar-refractivity contribution in [3.63, 3.8) is 0 Å². The highest BCUT2D eigenvalue weighted by Crippen LogP contribution is 2.22. The first-order chi connectivity index (χ1) is 7.29. The van der Waals surface area contributed by atoms with E-state index in [2.05, 4.69) is 51.1 Å². The third kappa shape index (κ3) is 5.16. The Balaban J connectivity index is 0. The molecular weight excluding hydrogens is 192 g/mol. The van der Waals surface area contributed by atoms with Gasteiger partial charge in [0.15, 0.2) is 0 Å². The summed E-state index contributed by atoms with van der Waals surface area (Å²) in [6.45, 7) is 10.5. The Morgan fingerprint density at radius 3 is 2.19 bits per heavy atom. The summed E-state index contributed by atoms with van der Waals surface area (Å²) in [5.41, 5.74) is 4.26. The molecule has 0 atom stereocenters. The fourth-order valence-corrected chi connectivity index (χ4v) is 1.64. The molecule has 0 nitrogen and oxygen atoms in total. The fraction of sp³-hybridized carbons (Fsp3) is 0.500. The van der Waals surface area contributed by atoms with Crippen molar-refractivity contribution in [2.75, 3.05) is 0 Å². The molecule has 0 radical (unpaired) electrons. The minimum absolute atomic E-state index is 0. The Bertz CT molecular complexity index is 295. The predicted molar refractivity (Wildman–Crippen MR) is 77.8 cm³/mol. The zero-order valence-electron chi connectivity index (χ0n) is 10.8. The SMILES string of the molecule is C.C/C=C(/CCC)c1ccccc1C.CC. The lowest BCUT2D eigenvalue weighted by Gasteiger charge is -2.08. The van der Waals surface area contributed by atoms with Crippen molar-refractivity contribution >= 4 is 5.57 Å². The van der Waals surface area contributed by atoms with Crippen LogP contribution in [0.25, 0.3) is 5.57 Å². The number of benzene rings is 1. The van der Waals surface area contributed by atoms with Gasteiger partial charge >= 0.3 is 0 Å². The van der Waals surface area contributed by atoms with Crippen LogP contribution in [0.5, 0.6) is 0 Å². The Morgan fingerprint density at radius 1 is 1.19 bits per heavy atom. The lowest BCUT2D eigenvalue weighted by atomic mass is 9.97. The molecule has 0 aromatic heterocycles. The van der Waals surface area contributed by atoms with Crippen LogP contribution >= 0.6 is 0 Å². The molecule has 16 heavy (non-hydrogen) atoms. The third-order valence-electron chi connectivity index (χ3n) is 2.36. The minimum atomic E-state index is 0. The molecule has 0 bridgehead atoms. The predicted octanol–water partition coefficient (Wildman–Crippen LogP) is 5.86. The first-order valence-electron chi connectivity index (χ1n) is 6.00. The molecule has 0 aliphatic rings. The maximum Gasteiger partial charge on any atom is -0.0199 e. The molecule has 0 saturated carbocycles. The van der Waals surface area contributed by atoms with Crippen LogP contribution in [-0.4, -0.2) is 0 Å². The van der Waals surface area contributed by atoms with E-state index in [9.17, 15) is 0 Å². The summed E-state index contributed by atoms with van der Waals surface area (Å²) in [7, 11) is 0. The van der Waals surface area contributed by atoms with Crippen molar-refractivity contribution in [3.8, 4) is 0 Å². The Hall–Kier alpha value is -1.04. The molecular formula is C16H28. The van der Waals surface area contributed by atoms with Gasteiger partial charge in [-0.25, -0.2) is 0 Å². The van der Waals surface area contributed by atoms with E-state index in [0.29, 0.717) is 0 Å². The molecule has 0 heterocycles. The topological polar surface area (TPSA) is 0 Å². The summed E-state index contributed by atoms with van der Waals surface area (Å²) in [6.07, 6.45) is 4.63. The highest BCUT2D eigenvalue weighted by Gasteiger charge is 2.01. The average Bonchev–Trinajstić information content (AvgIpc) is 2.30. The Labute approximate surface area is 102 Å². The molecule has 0 saturated heterocycles. The summed E-state index contributed by atoms with van der Waals surface area (Å²) in [5.74, 6) is 0. The second-order valence-electron chi connectivity index (χ2n) is 3.38. The highest BCUT2D eigenvalue weighted by atomic mass is 14.1. The molecule has 0 unspecified atom stereocenters. The molecule has 92 valence electrons.